The van der Waals surface area contributed by atoms with E-state index in [1.807, 2.05) is 23.2 Å². The van der Waals surface area contributed by atoms with E-state index in [0.29, 0.717) is 6.54 Å². The van der Waals surface area contributed by atoms with Gasteiger partial charge in [0, 0.05) is 23.7 Å². The predicted molar refractivity (Wildman–Crippen MR) is 82.7 cm³/mol. The molecule has 0 fully saturated rings. The maximum absolute atomic E-state index is 12.9. The molecule has 0 atom stereocenters. The third-order valence-corrected chi connectivity index (χ3v) is 4.01. The highest BCUT2D eigenvalue weighted by Gasteiger charge is 2.05. The van der Waals surface area contributed by atoms with Gasteiger partial charge in [-0.25, -0.2) is 9.37 Å². The minimum Gasteiger partial charge on any atom is -0.377 e. The molecule has 6 heteroatoms. The van der Waals surface area contributed by atoms with Crippen LogP contribution in [0.5, 0.6) is 0 Å². The lowest BCUT2D eigenvalue weighted by atomic mass is 10.2. The lowest BCUT2D eigenvalue weighted by molar-refractivity contribution is 0.628. The molecule has 21 heavy (non-hydrogen) atoms. The Hall–Kier alpha value is -2.21. The van der Waals surface area contributed by atoms with Crippen LogP contribution in [0.2, 0.25) is 0 Å². The molecule has 0 bridgehead atoms. The van der Waals surface area contributed by atoms with E-state index in [1.54, 1.807) is 29.7 Å². The summed E-state index contributed by atoms with van der Waals surface area (Å²) >= 11 is 1.56. The van der Waals surface area contributed by atoms with E-state index < -0.39 is 0 Å². The average Bonchev–Trinajstić information content (AvgIpc) is 3.15. The molecular weight excluding hydrogens is 287 g/mol. The van der Waals surface area contributed by atoms with E-state index in [1.165, 1.54) is 12.1 Å². The van der Waals surface area contributed by atoms with Gasteiger partial charge in [-0.05, 0) is 31.2 Å². The van der Waals surface area contributed by atoms with Gasteiger partial charge in [0.2, 0.25) is 0 Å². The molecule has 3 aromatic rings. The Bertz CT molecular complexity index is 717. The third-order valence-electron chi connectivity index (χ3n) is 3.07. The number of rotatable bonds is 5. The highest BCUT2D eigenvalue weighted by Crippen LogP contribution is 2.24. The van der Waals surface area contributed by atoms with Crippen molar-refractivity contribution in [1.82, 2.24) is 14.8 Å². The normalized spacial score (nSPS) is 10.8. The van der Waals surface area contributed by atoms with E-state index in [-0.39, 0.29) is 5.82 Å². The standard InChI is InChI=1S/C15H15FN4S/c1-2-20-9-13(8-18-20)17-7-14-10-21-15(19-14)11-3-5-12(16)6-4-11/h3-6,8-10,17H,2,7H2,1H3. The van der Waals surface area contributed by atoms with Gasteiger partial charge in [0.05, 0.1) is 24.1 Å². The Kier molecular flexibility index (Phi) is 3.96. The van der Waals surface area contributed by atoms with Crippen molar-refractivity contribution >= 4 is 17.0 Å². The van der Waals surface area contributed by atoms with Crippen molar-refractivity contribution in [2.45, 2.75) is 20.0 Å². The Morgan fingerprint density at radius 3 is 2.81 bits per heavy atom. The van der Waals surface area contributed by atoms with E-state index in [0.717, 1.165) is 28.5 Å². The van der Waals surface area contributed by atoms with Crippen LogP contribution in [0, 0.1) is 5.82 Å². The summed E-state index contributed by atoms with van der Waals surface area (Å²) < 4.78 is 14.8. The maximum atomic E-state index is 12.9. The molecule has 0 amide bonds. The summed E-state index contributed by atoms with van der Waals surface area (Å²) in [6.45, 7) is 3.55. The Labute approximate surface area is 126 Å². The van der Waals surface area contributed by atoms with Gasteiger partial charge in [0.25, 0.3) is 0 Å². The van der Waals surface area contributed by atoms with Crippen molar-refractivity contribution in [3.63, 3.8) is 0 Å². The summed E-state index contributed by atoms with van der Waals surface area (Å²) in [5.41, 5.74) is 2.88. The monoisotopic (exact) mass is 302 g/mol. The average molecular weight is 302 g/mol. The first-order valence-corrected chi connectivity index (χ1v) is 7.59. The number of halogens is 1. The maximum Gasteiger partial charge on any atom is 0.123 e. The van der Waals surface area contributed by atoms with Gasteiger partial charge in [-0.2, -0.15) is 5.10 Å². The van der Waals surface area contributed by atoms with Crippen LogP contribution in [-0.2, 0) is 13.1 Å². The summed E-state index contributed by atoms with van der Waals surface area (Å²) in [7, 11) is 0. The molecular formula is C15H15FN4S. The SMILES string of the molecule is CCn1cc(NCc2csc(-c3ccc(F)cc3)n2)cn1. The molecule has 108 valence electrons. The Morgan fingerprint density at radius 2 is 2.10 bits per heavy atom. The van der Waals surface area contributed by atoms with Crippen LogP contribution < -0.4 is 5.32 Å². The highest BCUT2D eigenvalue weighted by molar-refractivity contribution is 7.13. The van der Waals surface area contributed by atoms with Crippen LogP contribution in [0.15, 0.2) is 42.0 Å². The van der Waals surface area contributed by atoms with Gasteiger partial charge < -0.3 is 5.32 Å². The highest BCUT2D eigenvalue weighted by atomic mass is 32.1. The van der Waals surface area contributed by atoms with Gasteiger partial charge in [0.15, 0.2) is 0 Å². The summed E-state index contributed by atoms with van der Waals surface area (Å²) in [6, 6.07) is 6.40. The van der Waals surface area contributed by atoms with Crippen molar-refractivity contribution in [2.24, 2.45) is 0 Å². The van der Waals surface area contributed by atoms with Gasteiger partial charge in [0.1, 0.15) is 10.8 Å². The van der Waals surface area contributed by atoms with Crippen LogP contribution in [0.1, 0.15) is 12.6 Å². The number of thiazole rings is 1. The van der Waals surface area contributed by atoms with E-state index >= 15 is 0 Å². The quantitative estimate of drug-likeness (QED) is 0.780. The summed E-state index contributed by atoms with van der Waals surface area (Å²) in [6.07, 6.45) is 3.77. The molecule has 0 aliphatic heterocycles. The molecule has 0 aliphatic carbocycles. The number of aryl methyl sites for hydroxylation is 1. The van der Waals surface area contributed by atoms with Crippen LogP contribution in [0.25, 0.3) is 10.6 Å². The Balaban J connectivity index is 1.66. The molecule has 3 rings (SSSR count). The molecule has 0 saturated heterocycles. The van der Waals surface area contributed by atoms with Crippen molar-refractivity contribution in [2.75, 3.05) is 5.32 Å². The predicted octanol–water partition coefficient (Wildman–Crippen LogP) is 3.78. The number of benzene rings is 1. The molecule has 1 aromatic carbocycles. The van der Waals surface area contributed by atoms with Crippen molar-refractivity contribution < 1.29 is 4.39 Å². The number of anilines is 1. The largest absolute Gasteiger partial charge is 0.377 e. The molecule has 0 saturated carbocycles. The fraction of sp³-hybridized carbons (Fsp3) is 0.200. The zero-order valence-electron chi connectivity index (χ0n) is 11.6. The third kappa shape index (κ3) is 3.28. The molecule has 0 spiro atoms. The first-order valence-electron chi connectivity index (χ1n) is 6.71. The lowest BCUT2D eigenvalue weighted by Crippen LogP contribution is -1.99. The summed E-state index contributed by atoms with van der Waals surface area (Å²) in [5, 5.41) is 10.4. The zero-order valence-corrected chi connectivity index (χ0v) is 12.4. The van der Waals surface area contributed by atoms with Gasteiger partial charge >= 0.3 is 0 Å². The van der Waals surface area contributed by atoms with Crippen LogP contribution >= 0.6 is 11.3 Å². The fourth-order valence-corrected chi connectivity index (χ4v) is 2.76. The second-order valence-corrected chi connectivity index (χ2v) is 5.45. The molecule has 2 aromatic heterocycles. The van der Waals surface area contributed by atoms with Gasteiger partial charge in [-0.3, -0.25) is 4.68 Å². The number of nitrogens with one attached hydrogen (secondary N) is 1. The zero-order chi connectivity index (χ0) is 14.7. The minimum absolute atomic E-state index is 0.231. The second-order valence-electron chi connectivity index (χ2n) is 4.59. The summed E-state index contributed by atoms with van der Waals surface area (Å²) in [5.74, 6) is -0.231. The fourth-order valence-electron chi connectivity index (χ4n) is 1.93. The van der Waals surface area contributed by atoms with Crippen molar-refractivity contribution in [3.05, 3.63) is 53.6 Å². The Morgan fingerprint density at radius 1 is 1.29 bits per heavy atom. The molecule has 0 radical (unpaired) electrons. The van der Waals surface area contributed by atoms with Crippen molar-refractivity contribution in [1.29, 1.82) is 0 Å². The molecule has 0 aliphatic rings. The van der Waals surface area contributed by atoms with Gasteiger partial charge in [-0.1, -0.05) is 0 Å². The van der Waals surface area contributed by atoms with Crippen LogP contribution in [0.3, 0.4) is 0 Å². The molecule has 2 heterocycles. The number of hydrogen-bond donors (Lipinski definition) is 1. The summed E-state index contributed by atoms with van der Waals surface area (Å²) in [4.78, 5) is 4.56. The molecule has 0 unspecified atom stereocenters. The minimum atomic E-state index is -0.231. The number of aromatic nitrogens is 3. The first-order chi connectivity index (χ1) is 10.2. The van der Waals surface area contributed by atoms with E-state index in [4.69, 9.17) is 0 Å². The van der Waals surface area contributed by atoms with Crippen molar-refractivity contribution in [3.8, 4) is 10.6 Å². The first kappa shape index (κ1) is 13.8. The number of hydrogen-bond acceptors (Lipinski definition) is 4. The second kappa shape index (κ2) is 6.05. The molecule has 4 nitrogen and oxygen atoms in total. The van der Waals surface area contributed by atoms with Crippen LogP contribution in [0.4, 0.5) is 10.1 Å². The van der Waals surface area contributed by atoms with Gasteiger partial charge in [-0.15, -0.1) is 11.3 Å². The number of nitrogens with zero attached hydrogens (tertiary/aromatic N) is 3. The molecule has 1 N–H and O–H groups in total. The van der Waals surface area contributed by atoms with E-state index in [2.05, 4.69) is 15.4 Å². The van der Waals surface area contributed by atoms with Crippen LogP contribution in [-0.4, -0.2) is 14.8 Å². The van der Waals surface area contributed by atoms with E-state index in [9.17, 15) is 4.39 Å². The topological polar surface area (TPSA) is 42.7 Å². The smallest absolute Gasteiger partial charge is 0.123 e. The lowest BCUT2D eigenvalue weighted by Gasteiger charge is -2.00.